The van der Waals surface area contributed by atoms with E-state index >= 15 is 0 Å². The zero-order valence-electron chi connectivity index (χ0n) is 14.6. The van der Waals surface area contributed by atoms with Gasteiger partial charge in [-0.3, -0.25) is 19.3 Å². The van der Waals surface area contributed by atoms with Gasteiger partial charge in [0.25, 0.3) is 11.5 Å². The molecule has 0 spiro atoms. The topological polar surface area (TPSA) is 76.4 Å². The lowest BCUT2D eigenvalue weighted by Gasteiger charge is -2.14. The number of anilines is 1. The fourth-order valence-electron chi connectivity index (χ4n) is 3.35. The number of amides is 1. The van der Waals surface area contributed by atoms with Crippen molar-refractivity contribution >= 4 is 28.0 Å². The molecule has 0 fully saturated rings. The number of fused-ring (bicyclic) bond motifs is 2. The van der Waals surface area contributed by atoms with Gasteiger partial charge in [0.05, 0.1) is 5.69 Å². The van der Waals surface area contributed by atoms with Crippen LogP contribution in [0.5, 0.6) is 0 Å². The summed E-state index contributed by atoms with van der Waals surface area (Å²) in [5.41, 5.74) is 2.71. The number of hydrogen-bond acceptors (Lipinski definition) is 5. The van der Waals surface area contributed by atoms with Crippen LogP contribution >= 0.6 is 11.3 Å². The lowest BCUT2D eigenvalue weighted by atomic mass is 9.98. The van der Waals surface area contributed by atoms with Gasteiger partial charge in [0, 0.05) is 28.4 Å². The van der Waals surface area contributed by atoms with E-state index in [0.29, 0.717) is 16.3 Å². The van der Waals surface area contributed by atoms with Gasteiger partial charge in [-0.1, -0.05) is 12.8 Å². The maximum Gasteiger partial charge on any atom is 0.261 e. The average molecular weight is 368 g/mol. The van der Waals surface area contributed by atoms with Crippen LogP contribution in [0, 0.1) is 6.92 Å². The minimum absolute atomic E-state index is 0.00518. The number of thiazole rings is 1. The van der Waals surface area contributed by atoms with Crippen molar-refractivity contribution in [2.45, 2.75) is 45.4 Å². The number of rotatable bonds is 2. The zero-order valence-corrected chi connectivity index (χ0v) is 15.4. The molecule has 0 bridgehead atoms. The molecule has 0 saturated heterocycles. The molecule has 0 aromatic carbocycles. The molecule has 0 unspecified atom stereocenters. The normalized spacial score (nSPS) is 14.5. The fraction of sp³-hybridized carbons (Fsp3) is 0.368. The minimum Gasteiger partial charge on any atom is -0.298 e. The molecule has 3 aromatic rings. The third kappa shape index (κ3) is 3.26. The monoisotopic (exact) mass is 368 g/mol. The zero-order chi connectivity index (χ0) is 18.1. The number of hydrogen-bond donors (Lipinski definition) is 1. The number of nitrogens with zero attached hydrogens (tertiary/aromatic N) is 3. The first kappa shape index (κ1) is 16.9. The van der Waals surface area contributed by atoms with E-state index in [9.17, 15) is 9.59 Å². The second kappa shape index (κ2) is 6.99. The molecule has 4 rings (SSSR count). The standard InChI is InChI=1S/C19H20N4O2S/c1-12-11-20-19(26-12)22-17(24)13-8-9-23-16(10-13)21-15-7-5-3-2-4-6-14(15)18(23)25/h8-11H,2-7H2,1H3,(H,20,22,24). The molecule has 6 nitrogen and oxygen atoms in total. The molecule has 0 atom stereocenters. The SMILES string of the molecule is Cc1cnc(NC(=O)c2ccn3c(=O)c4c(nc3c2)CCCCCC4)s1. The summed E-state index contributed by atoms with van der Waals surface area (Å²) in [7, 11) is 0. The first-order valence-corrected chi connectivity index (χ1v) is 9.71. The largest absolute Gasteiger partial charge is 0.298 e. The number of aryl methyl sites for hydroxylation is 2. The molecule has 1 aliphatic carbocycles. The highest BCUT2D eigenvalue weighted by atomic mass is 32.1. The summed E-state index contributed by atoms with van der Waals surface area (Å²) in [6.07, 6.45) is 9.41. The van der Waals surface area contributed by atoms with Crippen molar-refractivity contribution in [3.8, 4) is 0 Å². The quantitative estimate of drug-likeness (QED) is 0.752. The molecule has 1 N–H and O–H groups in total. The summed E-state index contributed by atoms with van der Waals surface area (Å²) >= 11 is 1.43. The maximum absolute atomic E-state index is 12.8. The Morgan fingerprint density at radius 1 is 1.23 bits per heavy atom. The Bertz CT molecular complexity index is 1040. The van der Waals surface area contributed by atoms with Gasteiger partial charge in [0.2, 0.25) is 0 Å². The lowest BCUT2D eigenvalue weighted by molar-refractivity contribution is 0.102. The van der Waals surface area contributed by atoms with Crippen molar-refractivity contribution in [3.05, 3.63) is 56.6 Å². The van der Waals surface area contributed by atoms with E-state index in [1.807, 2.05) is 6.92 Å². The Hall–Kier alpha value is -2.54. The fourth-order valence-corrected chi connectivity index (χ4v) is 4.01. The van der Waals surface area contributed by atoms with Gasteiger partial charge in [-0.15, -0.1) is 11.3 Å². The van der Waals surface area contributed by atoms with Crippen LogP contribution in [0.1, 0.15) is 52.2 Å². The Balaban J connectivity index is 1.71. The summed E-state index contributed by atoms with van der Waals surface area (Å²) in [5, 5.41) is 3.36. The predicted octanol–water partition coefficient (Wildman–Crippen LogP) is 3.37. The number of pyridine rings is 1. The van der Waals surface area contributed by atoms with Crippen molar-refractivity contribution in [3.63, 3.8) is 0 Å². The van der Waals surface area contributed by atoms with Gasteiger partial charge in [-0.2, -0.15) is 0 Å². The number of nitrogens with one attached hydrogen (secondary N) is 1. The molecule has 7 heteroatoms. The highest BCUT2D eigenvalue weighted by Crippen LogP contribution is 2.19. The van der Waals surface area contributed by atoms with Crippen LogP contribution in [0.3, 0.4) is 0 Å². The van der Waals surface area contributed by atoms with Crippen LogP contribution in [0.25, 0.3) is 5.65 Å². The molecule has 1 aliphatic rings. The van der Waals surface area contributed by atoms with Crippen molar-refractivity contribution in [1.82, 2.24) is 14.4 Å². The minimum atomic E-state index is -0.247. The number of aromatic nitrogens is 3. The smallest absolute Gasteiger partial charge is 0.261 e. The van der Waals surface area contributed by atoms with Crippen molar-refractivity contribution in [2.24, 2.45) is 0 Å². The molecule has 3 heterocycles. The highest BCUT2D eigenvalue weighted by Gasteiger charge is 2.16. The second-order valence-electron chi connectivity index (χ2n) is 6.63. The average Bonchev–Trinajstić information content (AvgIpc) is 3.01. The first-order chi connectivity index (χ1) is 12.6. The first-order valence-electron chi connectivity index (χ1n) is 8.90. The summed E-state index contributed by atoms with van der Waals surface area (Å²) in [4.78, 5) is 35.2. The van der Waals surface area contributed by atoms with Crippen LogP contribution in [-0.2, 0) is 12.8 Å². The van der Waals surface area contributed by atoms with E-state index < -0.39 is 0 Å². The van der Waals surface area contributed by atoms with E-state index in [4.69, 9.17) is 4.98 Å². The van der Waals surface area contributed by atoms with Gasteiger partial charge in [0.1, 0.15) is 5.65 Å². The second-order valence-corrected chi connectivity index (χ2v) is 7.86. The molecule has 3 aromatic heterocycles. The molecule has 26 heavy (non-hydrogen) atoms. The van der Waals surface area contributed by atoms with Crippen LogP contribution in [0.15, 0.2) is 29.3 Å². The van der Waals surface area contributed by atoms with Crippen LogP contribution in [-0.4, -0.2) is 20.3 Å². The van der Waals surface area contributed by atoms with Crippen molar-refractivity contribution < 1.29 is 4.79 Å². The van der Waals surface area contributed by atoms with Gasteiger partial charge < -0.3 is 0 Å². The molecule has 1 amide bonds. The molecular formula is C19H20N4O2S. The van der Waals surface area contributed by atoms with E-state index in [2.05, 4.69) is 10.3 Å². The Morgan fingerprint density at radius 3 is 2.81 bits per heavy atom. The van der Waals surface area contributed by atoms with E-state index in [0.717, 1.165) is 48.2 Å². The molecule has 0 radical (unpaired) electrons. The Labute approximate surface area is 154 Å². The molecular weight excluding hydrogens is 348 g/mol. The van der Waals surface area contributed by atoms with Crippen LogP contribution < -0.4 is 10.9 Å². The maximum atomic E-state index is 12.8. The van der Waals surface area contributed by atoms with Gasteiger partial charge in [-0.25, -0.2) is 9.97 Å². The summed E-state index contributed by atoms with van der Waals surface area (Å²) < 4.78 is 1.55. The van der Waals surface area contributed by atoms with Crippen LogP contribution in [0.4, 0.5) is 5.13 Å². The summed E-state index contributed by atoms with van der Waals surface area (Å²) in [5.74, 6) is -0.247. The summed E-state index contributed by atoms with van der Waals surface area (Å²) in [6.45, 7) is 1.94. The van der Waals surface area contributed by atoms with Gasteiger partial charge >= 0.3 is 0 Å². The van der Waals surface area contributed by atoms with Crippen LogP contribution in [0.2, 0.25) is 0 Å². The molecule has 0 saturated carbocycles. The van der Waals surface area contributed by atoms with E-state index in [1.54, 1.807) is 28.9 Å². The molecule has 0 aliphatic heterocycles. The highest BCUT2D eigenvalue weighted by molar-refractivity contribution is 7.15. The van der Waals surface area contributed by atoms with Crippen molar-refractivity contribution in [2.75, 3.05) is 5.32 Å². The van der Waals surface area contributed by atoms with E-state index in [1.165, 1.54) is 17.8 Å². The number of carbonyl (C=O) groups is 1. The lowest BCUT2D eigenvalue weighted by Crippen LogP contribution is -2.24. The Kier molecular flexibility index (Phi) is 4.55. The predicted molar refractivity (Wildman–Crippen MR) is 102 cm³/mol. The van der Waals surface area contributed by atoms with Crippen molar-refractivity contribution in [1.29, 1.82) is 0 Å². The van der Waals surface area contributed by atoms with Gasteiger partial charge in [0.15, 0.2) is 5.13 Å². The third-order valence-electron chi connectivity index (χ3n) is 4.70. The molecule has 134 valence electrons. The third-order valence-corrected chi connectivity index (χ3v) is 5.53. The number of carbonyl (C=O) groups excluding carboxylic acids is 1. The van der Waals surface area contributed by atoms with E-state index in [-0.39, 0.29) is 11.5 Å². The van der Waals surface area contributed by atoms with Gasteiger partial charge in [-0.05, 0) is 44.7 Å². The Morgan fingerprint density at radius 2 is 2.04 bits per heavy atom. The summed E-state index contributed by atoms with van der Waals surface area (Å²) in [6, 6.07) is 3.33.